The summed E-state index contributed by atoms with van der Waals surface area (Å²) >= 11 is 7.00. The molecule has 9 heteroatoms. The number of anilines is 1. The zero-order valence-electron chi connectivity index (χ0n) is 14.6. The van der Waals surface area contributed by atoms with E-state index in [4.69, 9.17) is 16.3 Å². The van der Waals surface area contributed by atoms with E-state index in [0.717, 1.165) is 6.07 Å². The largest absolute Gasteiger partial charge is 0.454 e. The molecule has 1 atom stereocenters. The molecule has 0 fully saturated rings. The third kappa shape index (κ3) is 6.04. The zero-order valence-corrected chi connectivity index (χ0v) is 16.2. The van der Waals surface area contributed by atoms with Crippen LogP contribution in [0.1, 0.15) is 23.5 Å². The second-order valence-electron chi connectivity index (χ2n) is 5.95. The van der Waals surface area contributed by atoms with E-state index < -0.39 is 36.2 Å². The van der Waals surface area contributed by atoms with Crippen LogP contribution in [0.4, 0.5) is 10.1 Å². The molecule has 1 aromatic carbocycles. The van der Waals surface area contributed by atoms with Gasteiger partial charge in [0.05, 0.1) is 10.6 Å². The lowest BCUT2D eigenvalue weighted by Gasteiger charge is -2.20. The average molecular weight is 413 g/mol. The normalized spacial score (nSPS) is 11.7. The van der Waals surface area contributed by atoms with Crippen LogP contribution in [0.15, 0.2) is 35.7 Å². The van der Waals surface area contributed by atoms with Crippen LogP contribution in [-0.2, 0) is 14.3 Å². The summed E-state index contributed by atoms with van der Waals surface area (Å²) in [6, 6.07) is 6.14. The highest BCUT2D eigenvalue weighted by atomic mass is 35.5. The number of amides is 2. The molecule has 2 rings (SSSR count). The van der Waals surface area contributed by atoms with Gasteiger partial charge in [0, 0.05) is 5.02 Å². The summed E-state index contributed by atoms with van der Waals surface area (Å²) in [5, 5.41) is 6.87. The fourth-order valence-corrected chi connectivity index (χ4v) is 2.92. The molecule has 0 spiro atoms. The van der Waals surface area contributed by atoms with Crippen LogP contribution < -0.4 is 10.6 Å². The monoisotopic (exact) mass is 412 g/mol. The lowest BCUT2D eigenvalue weighted by atomic mass is 10.0. The van der Waals surface area contributed by atoms with Gasteiger partial charge in [-0.3, -0.25) is 9.59 Å². The minimum absolute atomic E-state index is 0.116. The van der Waals surface area contributed by atoms with Gasteiger partial charge in [-0.1, -0.05) is 31.5 Å². The standard InChI is InChI=1S/C18H18ClFN2O4S/c1-10(2)16(22-17(24)14-4-3-7-27-14)18(25)26-9-15(23)21-13-8-11(19)5-6-12(13)20/h3-8,10,16H,9H2,1-2H3,(H,21,23)(H,22,24)/t16-/m0/s1. The summed E-state index contributed by atoms with van der Waals surface area (Å²) in [7, 11) is 0. The van der Waals surface area contributed by atoms with E-state index in [1.165, 1.54) is 23.5 Å². The van der Waals surface area contributed by atoms with Crippen molar-refractivity contribution in [1.29, 1.82) is 0 Å². The molecule has 0 bridgehead atoms. The molecule has 2 amide bonds. The molecule has 0 saturated heterocycles. The van der Waals surface area contributed by atoms with Gasteiger partial charge < -0.3 is 15.4 Å². The van der Waals surface area contributed by atoms with Gasteiger partial charge in [0.25, 0.3) is 11.8 Å². The lowest BCUT2D eigenvalue weighted by molar-refractivity contribution is -0.150. The van der Waals surface area contributed by atoms with Gasteiger partial charge in [-0.05, 0) is 35.6 Å². The maximum Gasteiger partial charge on any atom is 0.329 e. The number of benzene rings is 1. The van der Waals surface area contributed by atoms with E-state index in [1.807, 2.05) is 0 Å². The van der Waals surface area contributed by atoms with E-state index in [2.05, 4.69) is 10.6 Å². The van der Waals surface area contributed by atoms with Gasteiger partial charge >= 0.3 is 5.97 Å². The highest BCUT2D eigenvalue weighted by molar-refractivity contribution is 7.12. The summed E-state index contributed by atoms with van der Waals surface area (Å²) in [5.41, 5.74) is -0.116. The number of halogens is 2. The number of esters is 1. The van der Waals surface area contributed by atoms with E-state index in [9.17, 15) is 18.8 Å². The Kier molecular flexibility index (Phi) is 7.32. The summed E-state index contributed by atoms with van der Waals surface area (Å²) in [6.07, 6.45) is 0. The minimum atomic E-state index is -0.921. The lowest BCUT2D eigenvalue weighted by Crippen LogP contribution is -2.45. The van der Waals surface area contributed by atoms with Crippen molar-refractivity contribution in [3.8, 4) is 0 Å². The number of carbonyl (C=O) groups excluding carboxylic acids is 3. The Hall–Kier alpha value is -2.45. The average Bonchev–Trinajstić information content (AvgIpc) is 3.15. The van der Waals surface area contributed by atoms with Gasteiger partial charge in [0.1, 0.15) is 11.9 Å². The first-order valence-electron chi connectivity index (χ1n) is 8.04. The first kappa shape index (κ1) is 20.9. The first-order chi connectivity index (χ1) is 12.8. The van der Waals surface area contributed by atoms with Crippen LogP contribution in [0.3, 0.4) is 0 Å². The molecular weight excluding hydrogens is 395 g/mol. The molecule has 2 aromatic rings. The number of carbonyl (C=O) groups is 3. The van der Waals surface area contributed by atoms with Crippen LogP contribution in [0.25, 0.3) is 0 Å². The molecule has 0 aliphatic carbocycles. The number of rotatable bonds is 7. The van der Waals surface area contributed by atoms with Crippen LogP contribution in [-0.4, -0.2) is 30.4 Å². The number of ether oxygens (including phenoxy) is 1. The third-order valence-corrected chi connectivity index (χ3v) is 4.60. The Morgan fingerprint density at radius 2 is 2.00 bits per heavy atom. The summed E-state index contributed by atoms with van der Waals surface area (Å²) in [6.45, 7) is 2.85. The van der Waals surface area contributed by atoms with Crippen molar-refractivity contribution in [3.05, 3.63) is 51.4 Å². The highest BCUT2D eigenvalue weighted by Crippen LogP contribution is 2.19. The van der Waals surface area contributed by atoms with Gasteiger partial charge in [-0.15, -0.1) is 11.3 Å². The molecule has 6 nitrogen and oxygen atoms in total. The van der Waals surface area contributed by atoms with Crippen molar-refractivity contribution in [1.82, 2.24) is 5.32 Å². The zero-order chi connectivity index (χ0) is 20.0. The number of hydrogen-bond acceptors (Lipinski definition) is 5. The molecule has 1 heterocycles. The number of thiophene rings is 1. The Morgan fingerprint density at radius 3 is 2.63 bits per heavy atom. The van der Waals surface area contributed by atoms with Crippen molar-refractivity contribution in [3.63, 3.8) is 0 Å². The van der Waals surface area contributed by atoms with Crippen molar-refractivity contribution >= 4 is 46.4 Å². The number of nitrogens with one attached hydrogen (secondary N) is 2. The van der Waals surface area contributed by atoms with Crippen molar-refractivity contribution < 1.29 is 23.5 Å². The molecule has 1 aromatic heterocycles. The molecule has 144 valence electrons. The van der Waals surface area contributed by atoms with Gasteiger partial charge in [-0.25, -0.2) is 9.18 Å². The van der Waals surface area contributed by atoms with Crippen molar-refractivity contribution in [2.45, 2.75) is 19.9 Å². The molecule has 0 radical (unpaired) electrons. The molecule has 0 aliphatic heterocycles. The predicted octanol–water partition coefficient (Wildman–Crippen LogP) is 3.48. The maximum absolute atomic E-state index is 13.6. The van der Waals surface area contributed by atoms with Crippen LogP contribution >= 0.6 is 22.9 Å². The fraction of sp³-hybridized carbons (Fsp3) is 0.278. The minimum Gasteiger partial charge on any atom is -0.454 e. The summed E-state index contributed by atoms with van der Waals surface area (Å²) in [4.78, 5) is 36.7. The molecule has 2 N–H and O–H groups in total. The topological polar surface area (TPSA) is 84.5 Å². The van der Waals surface area contributed by atoms with Crippen LogP contribution in [0, 0.1) is 11.7 Å². The Morgan fingerprint density at radius 1 is 1.26 bits per heavy atom. The second-order valence-corrected chi connectivity index (χ2v) is 7.34. The van der Waals surface area contributed by atoms with E-state index in [1.54, 1.807) is 31.4 Å². The van der Waals surface area contributed by atoms with Crippen LogP contribution in [0.5, 0.6) is 0 Å². The van der Waals surface area contributed by atoms with Gasteiger partial charge in [0.2, 0.25) is 0 Å². The first-order valence-corrected chi connectivity index (χ1v) is 9.29. The smallest absolute Gasteiger partial charge is 0.329 e. The van der Waals surface area contributed by atoms with Crippen molar-refractivity contribution in [2.24, 2.45) is 5.92 Å². The molecular formula is C18H18ClFN2O4S. The Labute approximate surface area is 164 Å². The summed E-state index contributed by atoms with van der Waals surface area (Å²) in [5.74, 6) is -2.79. The highest BCUT2D eigenvalue weighted by Gasteiger charge is 2.27. The van der Waals surface area contributed by atoms with Crippen LogP contribution in [0.2, 0.25) is 5.02 Å². The van der Waals surface area contributed by atoms with Crippen molar-refractivity contribution in [2.75, 3.05) is 11.9 Å². The third-order valence-electron chi connectivity index (χ3n) is 3.50. The predicted molar refractivity (Wildman–Crippen MR) is 101 cm³/mol. The Bertz CT molecular complexity index is 827. The second kappa shape index (κ2) is 9.48. The molecule has 27 heavy (non-hydrogen) atoms. The van der Waals surface area contributed by atoms with E-state index in [-0.39, 0.29) is 16.6 Å². The van der Waals surface area contributed by atoms with Gasteiger partial charge in [0.15, 0.2) is 6.61 Å². The maximum atomic E-state index is 13.6. The molecule has 0 saturated carbocycles. The molecule has 0 aliphatic rings. The van der Waals surface area contributed by atoms with Gasteiger partial charge in [-0.2, -0.15) is 0 Å². The Balaban J connectivity index is 1.92. The fourth-order valence-electron chi connectivity index (χ4n) is 2.12. The quantitative estimate of drug-likeness (QED) is 0.682. The SMILES string of the molecule is CC(C)[C@H](NC(=O)c1cccs1)C(=O)OCC(=O)Nc1cc(Cl)ccc1F. The van der Waals surface area contributed by atoms with E-state index >= 15 is 0 Å². The summed E-state index contributed by atoms with van der Waals surface area (Å²) < 4.78 is 18.6. The number of hydrogen-bond donors (Lipinski definition) is 2. The molecule has 0 unspecified atom stereocenters. The van der Waals surface area contributed by atoms with E-state index in [0.29, 0.717) is 4.88 Å².